The average Bonchev–Trinajstić information content (AvgIpc) is 1.99. The van der Waals surface area contributed by atoms with Gasteiger partial charge in [0.25, 0.3) is 0 Å². The Labute approximate surface area is 76.4 Å². The summed E-state index contributed by atoms with van der Waals surface area (Å²) < 4.78 is 0. The first-order valence-electron chi connectivity index (χ1n) is 4.78. The van der Waals surface area contributed by atoms with Crippen LogP contribution in [0.4, 0.5) is 0 Å². The van der Waals surface area contributed by atoms with Gasteiger partial charge in [0.1, 0.15) is 0 Å². The first-order chi connectivity index (χ1) is 5.42. The third kappa shape index (κ3) is 3.55. The molecule has 2 heteroatoms. The molecule has 0 aliphatic carbocycles. The van der Waals surface area contributed by atoms with Gasteiger partial charge in [-0.05, 0) is 25.3 Å². The van der Waals surface area contributed by atoms with Crippen LogP contribution < -0.4 is 5.32 Å². The maximum absolute atomic E-state index is 9.21. The number of hydrogen-bond acceptors (Lipinski definition) is 2. The highest BCUT2D eigenvalue weighted by molar-refractivity contribution is 4.85. The molecule has 2 N–H and O–H groups in total. The summed E-state index contributed by atoms with van der Waals surface area (Å²) >= 11 is 0. The normalized spacial score (nSPS) is 17.0. The van der Waals surface area contributed by atoms with E-state index in [1.807, 2.05) is 0 Å². The minimum absolute atomic E-state index is 0.121. The zero-order valence-electron chi connectivity index (χ0n) is 9.02. The molecule has 1 unspecified atom stereocenters. The van der Waals surface area contributed by atoms with Crippen molar-refractivity contribution in [3.05, 3.63) is 0 Å². The van der Waals surface area contributed by atoms with Gasteiger partial charge in [0.15, 0.2) is 0 Å². The van der Waals surface area contributed by atoms with Crippen molar-refractivity contribution in [1.82, 2.24) is 5.32 Å². The van der Waals surface area contributed by atoms with Gasteiger partial charge in [-0.15, -0.1) is 0 Å². The van der Waals surface area contributed by atoms with Crippen LogP contribution in [-0.2, 0) is 0 Å². The van der Waals surface area contributed by atoms with Crippen LogP contribution in [0, 0.1) is 11.8 Å². The zero-order chi connectivity index (χ0) is 9.78. The summed E-state index contributed by atoms with van der Waals surface area (Å²) in [4.78, 5) is 0. The van der Waals surface area contributed by atoms with E-state index < -0.39 is 0 Å². The molecular weight excluding hydrogens is 150 g/mol. The van der Waals surface area contributed by atoms with Crippen molar-refractivity contribution < 1.29 is 5.11 Å². The molecule has 0 rings (SSSR count). The number of nitrogens with one attached hydrogen (secondary N) is 1. The predicted octanol–water partition coefficient (Wildman–Crippen LogP) is 1.64. The van der Waals surface area contributed by atoms with Crippen molar-refractivity contribution >= 4 is 0 Å². The molecule has 2 nitrogen and oxygen atoms in total. The van der Waals surface area contributed by atoms with Crippen LogP contribution in [-0.4, -0.2) is 23.8 Å². The Morgan fingerprint density at radius 1 is 1.25 bits per heavy atom. The fourth-order valence-electron chi connectivity index (χ4n) is 0.880. The van der Waals surface area contributed by atoms with E-state index in [1.54, 1.807) is 0 Å². The highest BCUT2D eigenvalue weighted by Crippen LogP contribution is 2.15. The number of hydrogen-bond donors (Lipinski definition) is 2. The van der Waals surface area contributed by atoms with E-state index >= 15 is 0 Å². The summed E-state index contributed by atoms with van der Waals surface area (Å²) in [6.45, 7) is 11.8. The minimum atomic E-state index is -0.121. The molecule has 0 saturated carbocycles. The standard InChI is InChI=1S/C10H23NO/c1-8(2)6-11-10(5,7-12)9(3)4/h8-9,11-12H,6-7H2,1-5H3. The van der Waals surface area contributed by atoms with Gasteiger partial charge in [0.05, 0.1) is 6.61 Å². The van der Waals surface area contributed by atoms with Crippen LogP contribution >= 0.6 is 0 Å². The molecule has 0 saturated heterocycles. The van der Waals surface area contributed by atoms with Crippen LogP contribution in [0.5, 0.6) is 0 Å². The Morgan fingerprint density at radius 3 is 2.00 bits per heavy atom. The molecule has 0 aromatic rings. The quantitative estimate of drug-likeness (QED) is 0.662. The molecule has 0 radical (unpaired) electrons. The summed E-state index contributed by atoms with van der Waals surface area (Å²) in [5.74, 6) is 1.09. The molecule has 12 heavy (non-hydrogen) atoms. The summed E-state index contributed by atoms with van der Waals surface area (Å²) in [5, 5.41) is 12.6. The second-order valence-electron chi connectivity index (χ2n) is 4.51. The van der Waals surface area contributed by atoms with Gasteiger partial charge in [-0.1, -0.05) is 27.7 Å². The van der Waals surface area contributed by atoms with Gasteiger partial charge in [-0.3, -0.25) is 0 Å². The zero-order valence-corrected chi connectivity index (χ0v) is 9.02. The molecule has 0 heterocycles. The lowest BCUT2D eigenvalue weighted by Crippen LogP contribution is -2.51. The molecular formula is C10H23NO. The Kier molecular flexibility index (Phi) is 4.80. The molecule has 0 aliphatic heterocycles. The second kappa shape index (κ2) is 4.83. The molecule has 74 valence electrons. The topological polar surface area (TPSA) is 32.3 Å². The number of rotatable bonds is 5. The summed E-state index contributed by atoms with van der Waals surface area (Å²) in [5.41, 5.74) is -0.121. The van der Waals surface area contributed by atoms with E-state index in [0.29, 0.717) is 11.8 Å². The monoisotopic (exact) mass is 173 g/mol. The van der Waals surface area contributed by atoms with Crippen molar-refractivity contribution in [2.45, 2.75) is 40.2 Å². The van der Waals surface area contributed by atoms with E-state index in [9.17, 15) is 5.11 Å². The van der Waals surface area contributed by atoms with Crippen LogP contribution in [0.2, 0.25) is 0 Å². The largest absolute Gasteiger partial charge is 0.394 e. The van der Waals surface area contributed by atoms with Gasteiger partial charge in [-0.2, -0.15) is 0 Å². The van der Waals surface area contributed by atoms with Gasteiger partial charge >= 0.3 is 0 Å². The SMILES string of the molecule is CC(C)CNC(C)(CO)C(C)C. The van der Waals surface area contributed by atoms with Crippen LogP contribution in [0.25, 0.3) is 0 Å². The van der Waals surface area contributed by atoms with Crippen LogP contribution in [0.3, 0.4) is 0 Å². The summed E-state index contributed by atoms with van der Waals surface area (Å²) in [6.07, 6.45) is 0. The molecule has 0 bridgehead atoms. The molecule has 0 amide bonds. The van der Waals surface area contributed by atoms with Gasteiger partial charge in [0, 0.05) is 5.54 Å². The average molecular weight is 173 g/mol. The lowest BCUT2D eigenvalue weighted by molar-refractivity contribution is 0.130. The van der Waals surface area contributed by atoms with Crippen LogP contribution in [0.1, 0.15) is 34.6 Å². The van der Waals surface area contributed by atoms with Crippen molar-refractivity contribution in [1.29, 1.82) is 0 Å². The van der Waals surface area contributed by atoms with Crippen molar-refractivity contribution in [2.24, 2.45) is 11.8 Å². The third-order valence-corrected chi connectivity index (χ3v) is 2.52. The molecule has 0 aromatic carbocycles. The van der Waals surface area contributed by atoms with E-state index in [-0.39, 0.29) is 12.1 Å². The van der Waals surface area contributed by atoms with E-state index in [1.165, 1.54) is 0 Å². The maximum Gasteiger partial charge on any atom is 0.0613 e. The third-order valence-electron chi connectivity index (χ3n) is 2.52. The second-order valence-corrected chi connectivity index (χ2v) is 4.51. The fourth-order valence-corrected chi connectivity index (χ4v) is 0.880. The summed E-state index contributed by atoms with van der Waals surface area (Å²) in [7, 11) is 0. The molecule has 0 fully saturated rings. The molecule has 0 aromatic heterocycles. The lowest BCUT2D eigenvalue weighted by atomic mass is 9.89. The van der Waals surface area contributed by atoms with Gasteiger partial charge in [0.2, 0.25) is 0 Å². The van der Waals surface area contributed by atoms with Crippen LogP contribution in [0.15, 0.2) is 0 Å². The van der Waals surface area contributed by atoms with E-state index in [4.69, 9.17) is 0 Å². The summed E-state index contributed by atoms with van der Waals surface area (Å²) in [6, 6.07) is 0. The van der Waals surface area contributed by atoms with E-state index in [2.05, 4.69) is 39.9 Å². The predicted molar refractivity (Wildman–Crippen MR) is 53.2 cm³/mol. The first kappa shape index (κ1) is 11.9. The first-order valence-corrected chi connectivity index (χ1v) is 4.78. The Morgan fingerprint density at radius 2 is 1.75 bits per heavy atom. The Bertz CT molecular complexity index is 123. The number of aliphatic hydroxyl groups excluding tert-OH is 1. The lowest BCUT2D eigenvalue weighted by Gasteiger charge is -2.33. The van der Waals surface area contributed by atoms with Gasteiger partial charge in [-0.25, -0.2) is 0 Å². The molecule has 0 aliphatic rings. The van der Waals surface area contributed by atoms with Crippen molar-refractivity contribution in [3.8, 4) is 0 Å². The fraction of sp³-hybridized carbons (Fsp3) is 1.00. The van der Waals surface area contributed by atoms with Gasteiger partial charge < -0.3 is 10.4 Å². The Hall–Kier alpha value is -0.0800. The number of aliphatic hydroxyl groups is 1. The molecule has 0 spiro atoms. The highest BCUT2D eigenvalue weighted by Gasteiger charge is 2.26. The minimum Gasteiger partial charge on any atom is -0.394 e. The molecule has 1 atom stereocenters. The van der Waals surface area contributed by atoms with Crippen molar-refractivity contribution in [3.63, 3.8) is 0 Å². The Balaban J connectivity index is 3.97. The maximum atomic E-state index is 9.21. The van der Waals surface area contributed by atoms with Crippen molar-refractivity contribution in [2.75, 3.05) is 13.2 Å². The smallest absolute Gasteiger partial charge is 0.0613 e. The van der Waals surface area contributed by atoms with E-state index in [0.717, 1.165) is 6.54 Å². The highest BCUT2D eigenvalue weighted by atomic mass is 16.3.